The van der Waals surface area contributed by atoms with Crippen LogP contribution in [-0.4, -0.2) is 41.7 Å². The minimum absolute atomic E-state index is 0.544. The molecule has 0 spiro atoms. The van der Waals surface area contributed by atoms with Crippen molar-refractivity contribution in [3.8, 4) is 0 Å². The van der Waals surface area contributed by atoms with E-state index >= 15 is 0 Å². The van der Waals surface area contributed by atoms with Gasteiger partial charge in [0.2, 0.25) is 0 Å². The first-order chi connectivity index (χ1) is 9.02. The molecule has 1 unspecified atom stereocenters. The topological polar surface area (TPSA) is 41.3 Å². The average molecular weight is 285 g/mol. The zero-order valence-corrected chi connectivity index (χ0v) is 13.6. The third-order valence-corrected chi connectivity index (χ3v) is 3.85. The van der Waals surface area contributed by atoms with Gasteiger partial charge in [0.1, 0.15) is 0 Å². The molecule has 0 radical (unpaired) electrons. The second-order valence-corrected chi connectivity index (χ2v) is 6.44. The van der Waals surface area contributed by atoms with Gasteiger partial charge in [0.15, 0.2) is 5.76 Å². The van der Waals surface area contributed by atoms with Crippen LogP contribution in [0.25, 0.3) is 0 Å². The number of aromatic nitrogens is 1. The Bertz CT molecular complexity index is 354. The highest BCUT2D eigenvalue weighted by Crippen LogP contribution is 2.10. The summed E-state index contributed by atoms with van der Waals surface area (Å²) in [4.78, 5) is 2.29. The van der Waals surface area contributed by atoms with Crippen molar-refractivity contribution in [1.29, 1.82) is 0 Å². The molecule has 1 heterocycles. The average Bonchev–Trinajstić information content (AvgIpc) is 2.76. The van der Waals surface area contributed by atoms with Crippen molar-refractivity contribution < 1.29 is 4.52 Å². The van der Waals surface area contributed by atoms with Crippen LogP contribution in [0.15, 0.2) is 10.6 Å². The van der Waals surface area contributed by atoms with Crippen molar-refractivity contribution in [3.63, 3.8) is 0 Å². The molecule has 0 aliphatic carbocycles. The third kappa shape index (κ3) is 6.45. The van der Waals surface area contributed by atoms with E-state index in [2.05, 4.69) is 55.5 Å². The first-order valence-corrected chi connectivity index (χ1v) is 8.26. The van der Waals surface area contributed by atoms with Gasteiger partial charge in [-0.05, 0) is 32.7 Å². The van der Waals surface area contributed by atoms with Crippen LogP contribution in [0.2, 0.25) is 0 Å². The van der Waals surface area contributed by atoms with Crippen molar-refractivity contribution in [3.05, 3.63) is 17.5 Å². The van der Waals surface area contributed by atoms with E-state index in [-0.39, 0.29) is 0 Å². The summed E-state index contributed by atoms with van der Waals surface area (Å²) in [6, 6.07) is 2.60. The largest absolute Gasteiger partial charge is 0.360 e. The molecule has 0 aromatic carbocycles. The minimum Gasteiger partial charge on any atom is -0.360 e. The molecule has 1 N–H and O–H groups in total. The summed E-state index contributed by atoms with van der Waals surface area (Å²) in [5, 5.41) is 7.47. The second-order valence-electron chi connectivity index (χ2n) is 5.53. The molecule has 1 aromatic heterocycles. The van der Waals surface area contributed by atoms with E-state index in [0.717, 1.165) is 36.8 Å². The SMILES string of the molecule is CSCC(C)N(C)Cc1cc(CNCC(C)C)no1. The summed E-state index contributed by atoms with van der Waals surface area (Å²) in [5.41, 5.74) is 0.988. The Balaban J connectivity index is 2.37. The molecular formula is C14H27N3OS. The standard InChI is InChI=1S/C14H27N3OS/c1-11(2)7-15-8-13-6-14(18-16-13)9-17(4)12(3)10-19-5/h6,11-12,15H,7-10H2,1-5H3. The maximum Gasteiger partial charge on any atom is 0.151 e. The summed E-state index contributed by atoms with van der Waals surface area (Å²) in [6.07, 6.45) is 2.14. The van der Waals surface area contributed by atoms with E-state index in [1.165, 1.54) is 0 Å². The lowest BCUT2D eigenvalue weighted by Gasteiger charge is -2.22. The first kappa shape index (κ1) is 16.5. The van der Waals surface area contributed by atoms with Crippen LogP contribution in [0.1, 0.15) is 32.2 Å². The Hall–Kier alpha value is -0.520. The van der Waals surface area contributed by atoms with Crippen LogP contribution in [-0.2, 0) is 13.1 Å². The van der Waals surface area contributed by atoms with Crippen molar-refractivity contribution in [2.45, 2.75) is 39.9 Å². The number of thioether (sulfide) groups is 1. The van der Waals surface area contributed by atoms with Gasteiger partial charge in [-0.3, -0.25) is 4.90 Å². The zero-order valence-electron chi connectivity index (χ0n) is 12.8. The van der Waals surface area contributed by atoms with Crippen molar-refractivity contribution in [2.24, 2.45) is 5.92 Å². The maximum atomic E-state index is 5.38. The zero-order chi connectivity index (χ0) is 14.3. The van der Waals surface area contributed by atoms with Gasteiger partial charge in [0.05, 0.1) is 12.2 Å². The van der Waals surface area contributed by atoms with Crippen molar-refractivity contribution in [1.82, 2.24) is 15.4 Å². The minimum atomic E-state index is 0.544. The van der Waals surface area contributed by atoms with Crippen LogP contribution in [0.5, 0.6) is 0 Å². The molecule has 1 rings (SSSR count). The lowest BCUT2D eigenvalue weighted by molar-refractivity contribution is 0.233. The van der Waals surface area contributed by atoms with Crippen LogP contribution in [0, 0.1) is 5.92 Å². The lowest BCUT2D eigenvalue weighted by atomic mass is 10.2. The Labute approximate surface area is 121 Å². The quantitative estimate of drug-likeness (QED) is 0.755. The molecule has 110 valence electrons. The first-order valence-electron chi connectivity index (χ1n) is 6.87. The summed E-state index contributed by atoms with van der Waals surface area (Å²) in [7, 11) is 2.13. The Morgan fingerprint density at radius 1 is 1.42 bits per heavy atom. The number of nitrogens with one attached hydrogen (secondary N) is 1. The van der Waals surface area contributed by atoms with Gasteiger partial charge in [-0.25, -0.2) is 0 Å². The molecule has 0 aliphatic rings. The Morgan fingerprint density at radius 3 is 2.79 bits per heavy atom. The van der Waals surface area contributed by atoms with Gasteiger partial charge in [-0.2, -0.15) is 11.8 Å². The number of nitrogens with zero attached hydrogens (tertiary/aromatic N) is 2. The molecule has 0 bridgehead atoms. The summed E-state index contributed by atoms with van der Waals surface area (Å²) in [6.45, 7) is 9.24. The molecule has 1 aromatic rings. The van der Waals surface area contributed by atoms with Crippen molar-refractivity contribution >= 4 is 11.8 Å². The maximum absolute atomic E-state index is 5.38. The lowest BCUT2D eigenvalue weighted by Crippen LogP contribution is -2.30. The molecule has 0 saturated carbocycles. The third-order valence-electron chi connectivity index (χ3n) is 3.03. The van der Waals surface area contributed by atoms with Gasteiger partial charge in [-0.1, -0.05) is 19.0 Å². The van der Waals surface area contributed by atoms with Gasteiger partial charge < -0.3 is 9.84 Å². The Kier molecular flexibility index (Phi) is 7.49. The number of hydrogen-bond donors (Lipinski definition) is 1. The monoisotopic (exact) mass is 285 g/mol. The van der Waals surface area contributed by atoms with Gasteiger partial charge in [0.25, 0.3) is 0 Å². The van der Waals surface area contributed by atoms with E-state index in [0.29, 0.717) is 12.0 Å². The van der Waals surface area contributed by atoms with Gasteiger partial charge in [0, 0.05) is 24.4 Å². The smallest absolute Gasteiger partial charge is 0.151 e. The van der Waals surface area contributed by atoms with Gasteiger partial charge in [-0.15, -0.1) is 0 Å². The fourth-order valence-corrected chi connectivity index (χ4v) is 2.51. The van der Waals surface area contributed by atoms with Crippen LogP contribution < -0.4 is 5.32 Å². The van der Waals surface area contributed by atoms with Gasteiger partial charge >= 0.3 is 0 Å². The van der Waals surface area contributed by atoms with Crippen LogP contribution in [0.3, 0.4) is 0 Å². The summed E-state index contributed by atoms with van der Waals surface area (Å²) in [5.74, 6) is 2.73. The fraction of sp³-hybridized carbons (Fsp3) is 0.786. The molecule has 0 aliphatic heterocycles. The molecule has 0 amide bonds. The summed E-state index contributed by atoms with van der Waals surface area (Å²) < 4.78 is 5.38. The predicted octanol–water partition coefficient (Wildman–Crippen LogP) is 2.60. The molecule has 0 saturated heterocycles. The van der Waals surface area contributed by atoms with Crippen LogP contribution >= 0.6 is 11.8 Å². The second kappa shape index (κ2) is 8.61. The van der Waals surface area contributed by atoms with Crippen molar-refractivity contribution in [2.75, 3.05) is 25.6 Å². The Morgan fingerprint density at radius 2 is 2.16 bits per heavy atom. The molecule has 19 heavy (non-hydrogen) atoms. The highest BCUT2D eigenvalue weighted by Gasteiger charge is 2.12. The van der Waals surface area contributed by atoms with E-state index in [1.54, 1.807) is 0 Å². The molecule has 5 heteroatoms. The highest BCUT2D eigenvalue weighted by atomic mass is 32.2. The molecule has 0 fully saturated rings. The predicted molar refractivity (Wildman–Crippen MR) is 82.4 cm³/mol. The normalized spacial score (nSPS) is 13.4. The van der Waals surface area contributed by atoms with E-state index in [4.69, 9.17) is 4.52 Å². The number of rotatable bonds is 9. The van der Waals surface area contributed by atoms with E-state index in [1.807, 2.05) is 11.8 Å². The molecule has 4 nitrogen and oxygen atoms in total. The van der Waals surface area contributed by atoms with E-state index < -0.39 is 0 Å². The number of hydrogen-bond acceptors (Lipinski definition) is 5. The fourth-order valence-electron chi connectivity index (χ4n) is 1.77. The highest BCUT2D eigenvalue weighted by molar-refractivity contribution is 7.98. The van der Waals surface area contributed by atoms with Crippen LogP contribution in [0.4, 0.5) is 0 Å². The summed E-state index contributed by atoms with van der Waals surface area (Å²) >= 11 is 1.87. The molecular weight excluding hydrogens is 258 g/mol. The van der Waals surface area contributed by atoms with E-state index in [9.17, 15) is 0 Å². The molecule has 1 atom stereocenters.